The van der Waals surface area contributed by atoms with Crippen LogP contribution in [0.4, 0.5) is 13.2 Å². The molecule has 0 spiro atoms. The Balaban J connectivity index is 2.41. The number of primary amides is 1. The maximum atomic E-state index is 12.8. The van der Waals surface area contributed by atoms with E-state index in [0.717, 1.165) is 10.4 Å². The molecule has 1 aliphatic rings. The van der Waals surface area contributed by atoms with Gasteiger partial charge < -0.3 is 5.73 Å². The number of hydrogen-bond acceptors (Lipinski definition) is 3. The lowest BCUT2D eigenvalue weighted by Crippen LogP contribution is -2.44. The maximum Gasteiger partial charge on any atom is 0.416 e. The molecule has 1 aliphatic heterocycles. The zero-order valence-electron chi connectivity index (χ0n) is 11.8. The molecule has 1 atom stereocenters. The standard InChI is InChI=1S/C13H14ClF3N2O3S/c14-10-4-3-9(13(15,16)17)6-11(10)23(21,22)19-5-1-2-8(7-19)12(18)20/h3-4,6,8H,1-2,5,7H2,(H2,18,20). The Morgan fingerprint density at radius 3 is 2.57 bits per heavy atom. The molecule has 1 aromatic rings. The van der Waals surface area contributed by atoms with Gasteiger partial charge in [-0.15, -0.1) is 0 Å². The normalized spacial score (nSPS) is 20.4. The van der Waals surface area contributed by atoms with Crippen molar-refractivity contribution in [1.29, 1.82) is 0 Å². The summed E-state index contributed by atoms with van der Waals surface area (Å²) in [6.07, 6.45) is -3.85. The van der Waals surface area contributed by atoms with Crippen molar-refractivity contribution < 1.29 is 26.4 Å². The molecule has 1 saturated heterocycles. The highest BCUT2D eigenvalue weighted by Gasteiger charge is 2.36. The van der Waals surface area contributed by atoms with E-state index >= 15 is 0 Å². The third kappa shape index (κ3) is 3.78. The molecule has 1 heterocycles. The molecule has 0 saturated carbocycles. The molecule has 1 unspecified atom stereocenters. The molecular weight excluding hydrogens is 357 g/mol. The molecule has 0 bridgehead atoms. The Hall–Kier alpha value is -1.32. The first kappa shape index (κ1) is 18.0. The second kappa shape index (κ2) is 6.29. The Bertz CT molecular complexity index is 722. The van der Waals surface area contributed by atoms with Gasteiger partial charge in [0.25, 0.3) is 0 Å². The lowest BCUT2D eigenvalue weighted by molar-refractivity contribution is -0.137. The monoisotopic (exact) mass is 370 g/mol. The molecular formula is C13H14ClF3N2O3S. The number of carbonyl (C=O) groups is 1. The Morgan fingerprint density at radius 1 is 1.35 bits per heavy atom. The lowest BCUT2D eigenvalue weighted by atomic mass is 9.99. The minimum atomic E-state index is -4.69. The predicted molar refractivity (Wildman–Crippen MR) is 77.1 cm³/mol. The maximum absolute atomic E-state index is 12.8. The van der Waals surface area contributed by atoms with E-state index in [1.54, 1.807) is 0 Å². The molecule has 1 aromatic carbocycles. The summed E-state index contributed by atoms with van der Waals surface area (Å²) in [5.74, 6) is -1.30. The van der Waals surface area contributed by atoms with Crippen LogP contribution >= 0.6 is 11.6 Å². The Kier molecular flexibility index (Phi) is 4.93. The van der Waals surface area contributed by atoms with E-state index < -0.39 is 38.5 Å². The van der Waals surface area contributed by atoms with Crippen molar-refractivity contribution in [2.24, 2.45) is 11.7 Å². The molecule has 0 aliphatic carbocycles. The Morgan fingerprint density at radius 2 is 2.00 bits per heavy atom. The van der Waals surface area contributed by atoms with E-state index in [0.29, 0.717) is 25.0 Å². The van der Waals surface area contributed by atoms with Crippen LogP contribution in [0.25, 0.3) is 0 Å². The quantitative estimate of drug-likeness (QED) is 0.886. The van der Waals surface area contributed by atoms with Gasteiger partial charge in [-0.25, -0.2) is 8.42 Å². The highest BCUT2D eigenvalue weighted by Crippen LogP contribution is 2.35. The van der Waals surface area contributed by atoms with Gasteiger partial charge in [-0.05, 0) is 31.0 Å². The molecule has 0 radical (unpaired) electrons. The van der Waals surface area contributed by atoms with Crippen molar-refractivity contribution in [3.8, 4) is 0 Å². The number of nitrogens with two attached hydrogens (primary N) is 1. The van der Waals surface area contributed by atoms with Crippen LogP contribution in [0.1, 0.15) is 18.4 Å². The highest BCUT2D eigenvalue weighted by molar-refractivity contribution is 7.89. The van der Waals surface area contributed by atoms with E-state index in [1.165, 1.54) is 0 Å². The fraction of sp³-hybridized carbons (Fsp3) is 0.462. The summed E-state index contributed by atoms with van der Waals surface area (Å²) in [6, 6.07) is 2.11. The summed E-state index contributed by atoms with van der Waals surface area (Å²) in [4.78, 5) is 10.6. The molecule has 2 rings (SSSR count). The molecule has 1 fully saturated rings. The van der Waals surface area contributed by atoms with Gasteiger partial charge in [-0.3, -0.25) is 4.79 Å². The van der Waals surface area contributed by atoms with Gasteiger partial charge in [0.15, 0.2) is 0 Å². The van der Waals surface area contributed by atoms with Gasteiger partial charge in [0, 0.05) is 13.1 Å². The fourth-order valence-corrected chi connectivity index (χ4v) is 4.43. The number of rotatable bonds is 3. The second-order valence-electron chi connectivity index (χ2n) is 5.25. The van der Waals surface area contributed by atoms with Crippen molar-refractivity contribution in [2.45, 2.75) is 23.9 Å². The van der Waals surface area contributed by atoms with Crippen molar-refractivity contribution in [3.05, 3.63) is 28.8 Å². The number of sulfonamides is 1. The highest BCUT2D eigenvalue weighted by atomic mass is 35.5. The summed E-state index contributed by atoms with van der Waals surface area (Å²) in [6.45, 7) is -0.0665. The van der Waals surface area contributed by atoms with Gasteiger partial charge in [0.05, 0.1) is 16.5 Å². The van der Waals surface area contributed by atoms with Crippen molar-refractivity contribution in [3.63, 3.8) is 0 Å². The summed E-state index contributed by atoms with van der Waals surface area (Å²) in [5, 5.41) is -0.306. The molecule has 0 aromatic heterocycles. The van der Waals surface area contributed by atoms with Gasteiger partial charge in [-0.1, -0.05) is 11.6 Å². The van der Waals surface area contributed by atoms with Gasteiger partial charge in [-0.2, -0.15) is 17.5 Å². The zero-order valence-corrected chi connectivity index (χ0v) is 13.4. The van der Waals surface area contributed by atoms with E-state index in [2.05, 4.69) is 0 Å². The van der Waals surface area contributed by atoms with E-state index in [1.807, 2.05) is 0 Å². The van der Waals surface area contributed by atoms with E-state index in [9.17, 15) is 26.4 Å². The fourth-order valence-electron chi connectivity index (χ4n) is 2.41. The van der Waals surface area contributed by atoms with Crippen LogP contribution in [-0.4, -0.2) is 31.7 Å². The number of nitrogens with zero attached hydrogens (tertiary/aromatic N) is 1. The molecule has 1 amide bonds. The van der Waals surface area contributed by atoms with Crippen molar-refractivity contribution in [1.82, 2.24) is 4.31 Å². The summed E-state index contributed by atoms with van der Waals surface area (Å²) >= 11 is 5.78. The Labute approximate surface area is 136 Å². The van der Waals surface area contributed by atoms with Crippen LogP contribution in [0.15, 0.2) is 23.1 Å². The first-order valence-electron chi connectivity index (χ1n) is 6.69. The van der Waals surface area contributed by atoms with Crippen LogP contribution in [0.5, 0.6) is 0 Å². The summed E-state index contributed by atoms with van der Waals surface area (Å²) in [7, 11) is -4.25. The van der Waals surface area contributed by atoms with Crippen LogP contribution in [0.3, 0.4) is 0 Å². The van der Waals surface area contributed by atoms with Crippen LogP contribution in [-0.2, 0) is 21.0 Å². The average Bonchev–Trinajstić information content (AvgIpc) is 2.46. The number of hydrogen-bond donors (Lipinski definition) is 1. The van der Waals surface area contributed by atoms with Crippen LogP contribution < -0.4 is 5.73 Å². The zero-order chi connectivity index (χ0) is 17.4. The molecule has 23 heavy (non-hydrogen) atoms. The van der Waals surface area contributed by atoms with Crippen LogP contribution in [0, 0.1) is 5.92 Å². The first-order valence-corrected chi connectivity index (χ1v) is 8.51. The third-order valence-electron chi connectivity index (χ3n) is 3.66. The number of benzene rings is 1. The van der Waals surface area contributed by atoms with Crippen molar-refractivity contribution >= 4 is 27.5 Å². The van der Waals surface area contributed by atoms with Gasteiger partial charge in [0.2, 0.25) is 15.9 Å². The SMILES string of the molecule is NC(=O)C1CCCN(S(=O)(=O)c2cc(C(F)(F)F)ccc2Cl)C1. The number of amides is 1. The third-order valence-corrected chi connectivity index (χ3v) is 6.01. The first-order chi connectivity index (χ1) is 10.5. The smallest absolute Gasteiger partial charge is 0.369 e. The van der Waals surface area contributed by atoms with E-state index in [4.69, 9.17) is 17.3 Å². The average molecular weight is 371 g/mol. The largest absolute Gasteiger partial charge is 0.416 e. The summed E-state index contributed by atoms with van der Waals surface area (Å²) < 4.78 is 64.5. The molecule has 10 heteroatoms. The number of carbonyl (C=O) groups excluding carboxylic acids is 1. The predicted octanol–water partition coefficient (Wildman–Crippen LogP) is 2.24. The molecule has 5 nitrogen and oxygen atoms in total. The molecule has 128 valence electrons. The van der Waals surface area contributed by atoms with Gasteiger partial charge in [0.1, 0.15) is 4.90 Å². The van der Waals surface area contributed by atoms with Crippen molar-refractivity contribution in [2.75, 3.05) is 13.1 Å². The van der Waals surface area contributed by atoms with E-state index in [-0.39, 0.29) is 18.1 Å². The second-order valence-corrected chi connectivity index (χ2v) is 7.56. The minimum absolute atomic E-state index is 0.0959. The summed E-state index contributed by atoms with van der Waals surface area (Å²) in [5.41, 5.74) is 4.08. The number of piperidine rings is 1. The van der Waals surface area contributed by atoms with Gasteiger partial charge >= 0.3 is 6.18 Å². The lowest BCUT2D eigenvalue weighted by Gasteiger charge is -2.30. The number of alkyl halides is 3. The number of halogens is 4. The minimum Gasteiger partial charge on any atom is -0.369 e. The topological polar surface area (TPSA) is 80.5 Å². The molecule has 2 N–H and O–H groups in total. The van der Waals surface area contributed by atoms with Crippen LogP contribution in [0.2, 0.25) is 5.02 Å².